The smallest absolute Gasteiger partial charge is 0.416 e. The van der Waals surface area contributed by atoms with Crippen molar-refractivity contribution < 1.29 is 41.1 Å². The number of sulfonamides is 1. The lowest BCUT2D eigenvalue weighted by molar-refractivity contribution is -0.137. The first-order valence-corrected chi connectivity index (χ1v) is 12.9. The van der Waals surface area contributed by atoms with Crippen molar-refractivity contribution >= 4 is 21.6 Å². The monoisotopic (exact) mass is 531 g/mol. The molecule has 1 fully saturated rings. The van der Waals surface area contributed by atoms with E-state index in [1.807, 2.05) is 4.90 Å². The molecule has 1 aliphatic heterocycles. The van der Waals surface area contributed by atoms with Gasteiger partial charge in [-0.3, -0.25) is 19.2 Å². The van der Waals surface area contributed by atoms with Crippen molar-refractivity contribution in [3.8, 4) is 11.5 Å². The van der Waals surface area contributed by atoms with Crippen LogP contribution in [0.15, 0.2) is 48.5 Å². The molecule has 2 atom stereocenters. The summed E-state index contributed by atoms with van der Waals surface area (Å²) in [6.45, 7) is 0.623. The number of methoxy groups -OCH3 is 1. The second-order valence-corrected chi connectivity index (χ2v) is 10.3. The highest BCUT2D eigenvalue weighted by atomic mass is 32.2. The van der Waals surface area contributed by atoms with E-state index in [0.717, 1.165) is 35.5 Å². The molecule has 198 valence electrons. The summed E-state index contributed by atoms with van der Waals surface area (Å²) in [5, 5.41) is 9.30. The van der Waals surface area contributed by atoms with Crippen molar-refractivity contribution in [2.24, 2.45) is 0 Å². The Labute approximate surface area is 207 Å². The molecule has 13 heteroatoms. The van der Waals surface area contributed by atoms with E-state index in [-0.39, 0.29) is 29.8 Å². The number of hydrogen-bond donors (Lipinski definition) is 2. The molecule has 0 radical (unpaired) electrons. The van der Waals surface area contributed by atoms with Crippen LogP contribution >= 0.6 is 0 Å². The van der Waals surface area contributed by atoms with E-state index in [1.165, 1.54) is 43.5 Å². The Morgan fingerprint density at radius 3 is 2.25 bits per heavy atom. The van der Waals surface area contributed by atoms with Crippen molar-refractivity contribution in [2.75, 3.05) is 37.4 Å². The minimum atomic E-state index is -4.46. The van der Waals surface area contributed by atoms with E-state index in [2.05, 4.69) is 0 Å². The number of carbonyl (C=O) groups excluding carboxylic acids is 1. The SMILES string of the molecule is COCC1CCCN1[C@@H](CN(c1ccc(Oc2ccc(C(F)(F)F)cc2)cc1)S(C)(=O)=O)C(=O)NO. The molecule has 2 aromatic rings. The van der Waals surface area contributed by atoms with E-state index in [1.54, 1.807) is 5.48 Å². The summed E-state index contributed by atoms with van der Waals surface area (Å²) in [5.74, 6) is -0.293. The number of hydrogen-bond acceptors (Lipinski definition) is 7. The minimum Gasteiger partial charge on any atom is -0.457 e. The number of likely N-dealkylation sites (tertiary alicyclic amines) is 1. The number of alkyl halides is 3. The number of nitrogens with one attached hydrogen (secondary N) is 1. The standard InChI is InChI=1S/C23H28F3N3O6S/c1-34-15-18-4-3-13-28(18)21(22(30)27-31)14-29(36(2,32)33)17-7-11-20(12-8-17)35-19-9-5-16(6-10-19)23(24,25)26/h5-12,18,21,31H,3-4,13-15H2,1-2H3,(H,27,30)/t18?,21-/m0/s1. The van der Waals surface area contributed by atoms with Gasteiger partial charge in [-0.25, -0.2) is 13.9 Å². The highest BCUT2D eigenvalue weighted by molar-refractivity contribution is 7.92. The number of halogens is 3. The van der Waals surface area contributed by atoms with Crippen LogP contribution in [0.2, 0.25) is 0 Å². The van der Waals surface area contributed by atoms with Gasteiger partial charge in [-0.2, -0.15) is 13.2 Å². The maximum Gasteiger partial charge on any atom is 0.416 e. The molecule has 2 N–H and O–H groups in total. The Hall–Kier alpha value is -2.87. The molecular weight excluding hydrogens is 503 g/mol. The van der Waals surface area contributed by atoms with Crippen LogP contribution in [0.3, 0.4) is 0 Å². The third kappa shape index (κ3) is 6.87. The molecule has 0 bridgehead atoms. The Bertz CT molecular complexity index is 1130. The quantitative estimate of drug-likeness (QED) is 0.358. The van der Waals surface area contributed by atoms with E-state index >= 15 is 0 Å². The summed E-state index contributed by atoms with van der Waals surface area (Å²) < 4.78 is 75.4. The fourth-order valence-corrected chi connectivity index (χ4v) is 5.09. The molecule has 1 aliphatic rings. The molecule has 36 heavy (non-hydrogen) atoms. The predicted molar refractivity (Wildman–Crippen MR) is 125 cm³/mol. The van der Waals surface area contributed by atoms with Gasteiger partial charge >= 0.3 is 6.18 Å². The molecule has 0 spiro atoms. The van der Waals surface area contributed by atoms with Crippen molar-refractivity contribution in [2.45, 2.75) is 31.1 Å². The van der Waals surface area contributed by atoms with Crippen molar-refractivity contribution in [3.63, 3.8) is 0 Å². The van der Waals surface area contributed by atoms with Crippen LogP contribution in [0.1, 0.15) is 18.4 Å². The Morgan fingerprint density at radius 2 is 1.75 bits per heavy atom. The maximum atomic E-state index is 12.7. The second kappa shape index (κ2) is 11.5. The zero-order chi connectivity index (χ0) is 26.5. The summed E-state index contributed by atoms with van der Waals surface area (Å²) in [6, 6.07) is 8.94. The maximum absolute atomic E-state index is 12.7. The van der Waals surface area contributed by atoms with Gasteiger partial charge in [0, 0.05) is 13.2 Å². The minimum absolute atomic E-state index is 0.113. The zero-order valence-corrected chi connectivity index (χ0v) is 20.6. The van der Waals surface area contributed by atoms with Crippen LogP contribution in [0.4, 0.5) is 18.9 Å². The molecule has 0 saturated carbocycles. The lowest BCUT2D eigenvalue weighted by atomic mass is 10.1. The number of hydroxylamine groups is 1. The average Bonchev–Trinajstić information content (AvgIpc) is 3.27. The van der Waals surface area contributed by atoms with Gasteiger partial charge in [0.1, 0.15) is 17.5 Å². The molecule has 2 aromatic carbocycles. The molecule has 9 nitrogen and oxygen atoms in total. The largest absolute Gasteiger partial charge is 0.457 e. The zero-order valence-electron chi connectivity index (χ0n) is 19.7. The number of benzene rings is 2. The number of nitrogens with zero attached hydrogens (tertiary/aromatic N) is 2. The molecule has 1 unspecified atom stereocenters. The molecule has 1 amide bonds. The van der Waals surface area contributed by atoms with Crippen molar-refractivity contribution in [1.82, 2.24) is 10.4 Å². The fourth-order valence-electron chi connectivity index (χ4n) is 4.17. The number of anilines is 1. The van der Waals surface area contributed by atoms with Crippen LogP contribution in [0.25, 0.3) is 0 Å². The average molecular weight is 532 g/mol. The number of ether oxygens (including phenoxy) is 2. The van der Waals surface area contributed by atoms with E-state index in [0.29, 0.717) is 13.2 Å². The third-order valence-electron chi connectivity index (χ3n) is 5.88. The highest BCUT2D eigenvalue weighted by Crippen LogP contribution is 2.32. The van der Waals surface area contributed by atoms with E-state index < -0.39 is 33.7 Å². The predicted octanol–water partition coefficient (Wildman–Crippen LogP) is 3.25. The van der Waals surface area contributed by atoms with Gasteiger partial charge in [0.25, 0.3) is 5.91 Å². The van der Waals surface area contributed by atoms with Crippen molar-refractivity contribution in [3.05, 3.63) is 54.1 Å². The highest BCUT2D eigenvalue weighted by Gasteiger charge is 2.37. The third-order valence-corrected chi connectivity index (χ3v) is 7.04. The van der Waals surface area contributed by atoms with Crippen LogP contribution in [-0.2, 0) is 25.7 Å². The van der Waals surface area contributed by atoms with E-state index in [4.69, 9.17) is 9.47 Å². The molecule has 1 saturated heterocycles. The Kier molecular flexibility index (Phi) is 8.82. The van der Waals surface area contributed by atoms with Crippen LogP contribution in [-0.4, -0.2) is 69.6 Å². The summed E-state index contributed by atoms with van der Waals surface area (Å²) in [7, 11) is -2.30. The topological polar surface area (TPSA) is 108 Å². The molecule has 0 aliphatic carbocycles. The van der Waals surface area contributed by atoms with Gasteiger partial charge in [-0.15, -0.1) is 0 Å². The molecule has 1 heterocycles. The molecular formula is C23H28F3N3O6S. The first kappa shape index (κ1) is 27.7. The summed E-state index contributed by atoms with van der Waals surface area (Å²) in [5.41, 5.74) is 1.07. The van der Waals surface area contributed by atoms with Gasteiger partial charge in [-0.05, 0) is 67.9 Å². The normalized spacial score (nSPS) is 17.6. The number of amides is 1. The first-order chi connectivity index (χ1) is 16.9. The second-order valence-electron chi connectivity index (χ2n) is 8.39. The Balaban J connectivity index is 1.81. The van der Waals surface area contributed by atoms with Gasteiger partial charge in [-0.1, -0.05) is 0 Å². The first-order valence-electron chi connectivity index (χ1n) is 11.1. The van der Waals surface area contributed by atoms with Crippen LogP contribution < -0.4 is 14.5 Å². The van der Waals surface area contributed by atoms with Gasteiger partial charge in [0.05, 0.1) is 30.7 Å². The van der Waals surface area contributed by atoms with Crippen molar-refractivity contribution in [1.29, 1.82) is 0 Å². The molecule has 3 rings (SSSR count). The fraction of sp³-hybridized carbons (Fsp3) is 0.435. The Morgan fingerprint density at radius 1 is 1.17 bits per heavy atom. The van der Waals surface area contributed by atoms with Gasteiger partial charge in [0.2, 0.25) is 10.0 Å². The molecule has 0 aromatic heterocycles. The summed E-state index contributed by atoms with van der Waals surface area (Å²) >= 11 is 0. The number of rotatable bonds is 10. The lowest BCUT2D eigenvalue weighted by Crippen LogP contribution is -2.55. The summed E-state index contributed by atoms with van der Waals surface area (Å²) in [6.07, 6.45) is -1.90. The van der Waals surface area contributed by atoms with Crippen LogP contribution in [0.5, 0.6) is 11.5 Å². The van der Waals surface area contributed by atoms with Crippen LogP contribution in [0, 0.1) is 0 Å². The summed E-state index contributed by atoms with van der Waals surface area (Å²) in [4.78, 5) is 14.3. The van der Waals surface area contributed by atoms with Gasteiger partial charge < -0.3 is 9.47 Å². The number of carbonyl (C=O) groups is 1. The lowest BCUT2D eigenvalue weighted by Gasteiger charge is -2.35. The van der Waals surface area contributed by atoms with Gasteiger partial charge in [0.15, 0.2) is 0 Å². The van der Waals surface area contributed by atoms with E-state index in [9.17, 15) is 31.6 Å².